The summed E-state index contributed by atoms with van der Waals surface area (Å²) in [5.74, 6) is 0. The lowest BCUT2D eigenvalue weighted by Crippen LogP contribution is -2.38. The van der Waals surface area contributed by atoms with Gasteiger partial charge < -0.3 is 10.1 Å². The number of hydrogen-bond donors (Lipinski definition) is 1. The molecule has 1 heterocycles. The van der Waals surface area contributed by atoms with Gasteiger partial charge in [-0.3, -0.25) is 0 Å². The van der Waals surface area contributed by atoms with Crippen LogP contribution in [-0.4, -0.2) is 25.3 Å². The minimum absolute atomic E-state index is 0.395. The van der Waals surface area contributed by atoms with Crippen LogP contribution in [0.5, 0.6) is 0 Å². The van der Waals surface area contributed by atoms with Crippen LogP contribution in [0.25, 0.3) is 0 Å². The zero-order chi connectivity index (χ0) is 9.68. The Morgan fingerprint density at radius 3 is 3.08 bits per heavy atom. The van der Waals surface area contributed by atoms with Crippen LogP contribution in [0.4, 0.5) is 0 Å². The van der Waals surface area contributed by atoms with Crippen LogP contribution in [-0.2, 0) is 4.74 Å². The van der Waals surface area contributed by atoms with Gasteiger partial charge in [0, 0.05) is 24.7 Å². The normalized spacial score (nSPS) is 30.5. The van der Waals surface area contributed by atoms with Crippen LogP contribution in [0.15, 0.2) is 11.1 Å². The molecule has 2 nitrogen and oxygen atoms in total. The Kier molecular flexibility index (Phi) is 4.78. The number of ether oxygens (including phenoxy) is 1. The fraction of sp³-hybridized carbons (Fsp3) is 0.800. The lowest BCUT2D eigenvalue weighted by Gasteiger charge is -2.28. The molecule has 0 radical (unpaired) electrons. The average molecular weight is 204 g/mol. The van der Waals surface area contributed by atoms with Gasteiger partial charge in [-0.05, 0) is 32.3 Å². The first-order valence-corrected chi connectivity index (χ1v) is 5.27. The Balaban J connectivity index is 2.20. The molecule has 1 aliphatic rings. The Morgan fingerprint density at radius 1 is 1.69 bits per heavy atom. The molecule has 13 heavy (non-hydrogen) atoms. The van der Waals surface area contributed by atoms with Crippen molar-refractivity contribution in [1.29, 1.82) is 0 Å². The highest BCUT2D eigenvalue weighted by molar-refractivity contribution is 6.25. The Labute approximate surface area is 85.3 Å². The first kappa shape index (κ1) is 11.0. The van der Waals surface area contributed by atoms with E-state index in [2.05, 4.69) is 12.2 Å². The van der Waals surface area contributed by atoms with E-state index < -0.39 is 0 Å². The third kappa shape index (κ3) is 4.12. The summed E-state index contributed by atoms with van der Waals surface area (Å²) in [5.41, 5.74) is 2.82. The summed E-state index contributed by atoms with van der Waals surface area (Å²) in [4.78, 5) is 0. The Hall–Kier alpha value is -0.0500. The predicted molar refractivity (Wildman–Crippen MR) is 56.0 cm³/mol. The molecule has 3 heteroatoms. The van der Waals surface area contributed by atoms with E-state index in [0.717, 1.165) is 26.0 Å². The van der Waals surface area contributed by atoms with Gasteiger partial charge in [-0.2, -0.15) is 0 Å². The van der Waals surface area contributed by atoms with Crippen molar-refractivity contribution in [3.8, 4) is 0 Å². The summed E-state index contributed by atoms with van der Waals surface area (Å²) in [6.45, 7) is 5.92. The van der Waals surface area contributed by atoms with E-state index in [0.29, 0.717) is 12.1 Å². The van der Waals surface area contributed by atoms with Gasteiger partial charge in [0.05, 0.1) is 6.10 Å². The molecule has 0 amide bonds. The van der Waals surface area contributed by atoms with Gasteiger partial charge in [0.1, 0.15) is 0 Å². The van der Waals surface area contributed by atoms with Crippen LogP contribution in [0.3, 0.4) is 0 Å². The van der Waals surface area contributed by atoms with Crippen LogP contribution in [0.1, 0.15) is 26.7 Å². The van der Waals surface area contributed by atoms with E-state index in [-0.39, 0.29) is 0 Å². The molecule has 2 unspecified atom stereocenters. The van der Waals surface area contributed by atoms with Gasteiger partial charge in [-0.25, -0.2) is 0 Å². The molecule has 0 aromatic rings. The van der Waals surface area contributed by atoms with E-state index in [1.54, 1.807) is 5.54 Å². The van der Waals surface area contributed by atoms with Crippen molar-refractivity contribution < 1.29 is 4.74 Å². The van der Waals surface area contributed by atoms with Crippen molar-refractivity contribution in [1.82, 2.24) is 5.32 Å². The maximum atomic E-state index is 5.57. The summed E-state index contributed by atoms with van der Waals surface area (Å²) in [7, 11) is 0. The molecular formula is C10H18ClNO. The monoisotopic (exact) mass is 203 g/mol. The largest absolute Gasteiger partial charge is 0.378 e. The quantitative estimate of drug-likeness (QED) is 0.760. The maximum absolute atomic E-state index is 5.57. The van der Waals surface area contributed by atoms with Crippen LogP contribution >= 0.6 is 11.6 Å². The predicted octanol–water partition coefficient (Wildman–Crippen LogP) is 2.29. The highest BCUT2D eigenvalue weighted by Crippen LogP contribution is 2.13. The van der Waals surface area contributed by atoms with Crippen molar-refractivity contribution >= 4 is 11.6 Å². The molecule has 0 aromatic heterocycles. The van der Waals surface area contributed by atoms with Crippen LogP contribution in [0, 0.1) is 0 Å². The molecule has 0 aliphatic carbocycles. The highest BCUT2D eigenvalue weighted by atomic mass is 35.5. The van der Waals surface area contributed by atoms with E-state index in [1.807, 2.05) is 6.92 Å². The lowest BCUT2D eigenvalue weighted by molar-refractivity contribution is 0.0139. The molecule has 0 spiro atoms. The molecule has 0 bridgehead atoms. The van der Waals surface area contributed by atoms with Crippen molar-refractivity contribution in [3.63, 3.8) is 0 Å². The van der Waals surface area contributed by atoms with Gasteiger partial charge in [-0.15, -0.1) is 0 Å². The second-order valence-electron chi connectivity index (χ2n) is 3.74. The fourth-order valence-corrected chi connectivity index (χ4v) is 1.60. The Morgan fingerprint density at radius 2 is 2.46 bits per heavy atom. The van der Waals surface area contributed by atoms with Gasteiger partial charge >= 0.3 is 0 Å². The van der Waals surface area contributed by atoms with E-state index in [1.165, 1.54) is 5.57 Å². The first-order chi connectivity index (χ1) is 6.22. The number of hydrogen-bond acceptors (Lipinski definition) is 2. The number of nitrogens with one attached hydrogen (secondary N) is 1. The summed E-state index contributed by atoms with van der Waals surface area (Å²) in [6, 6.07) is 0.593. The van der Waals surface area contributed by atoms with E-state index >= 15 is 0 Å². The van der Waals surface area contributed by atoms with Crippen LogP contribution in [0.2, 0.25) is 0 Å². The third-order valence-electron chi connectivity index (χ3n) is 2.34. The summed E-state index contributed by atoms with van der Waals surface area (Å²) in [6.07, 6.45) is 2.61. The first-order valence-electron chi connectivity index (χ1n) is 4.83. The second kappa shape index (κ2) is 5.63. The maximum Gasteiger partial charge on any atom is 0.0561 e. The zero-order valence-corrected chi connectivity index (χ0v) is 9.10. The Bertz CT molecular complexity index is 182. The number of rotatable bonds is 3. The summed E-state index contributed by atoms with van der Waals surface area (Å²) >= 11 is 5.57. The fourth-order valence-electron chi connectivity index (χ4n) is 1.53. The zero-order valence-electron chi connectivity index (χ0n) is 8.35. The molecular weight excluding hydrogens is 186 g/mol. The third-order valence-corrected chi connectivity index (χ3v) is 2.71. The molecule has 2 atom stereocenters. The van der Waals surface area contributed by atoms with Crippen molar-refractivity contribution in [2.24, 2.45) is 0 Å². The smallest absolute Gasteiger partial charge is 0.0561 e. The summed E-state index contributed by atoms with van der Waals surface area (Å²) < 4.78 is 5.46. The summed E-state index contributed by atoms with van der Waals surface area (Å²) in [5, 5.41) is 3.47. The van der Waals surface area contributed by atoms with Crippen molar-refractivity contribution in [2.75, 3.05) is 13.2 Å². The standard InChI is InChI=1S/C10H18ClNO/c1-8(6-11)7-12-10-3-4-13-9(2)5-10/h6,9-10,12H,3-5,7H2,1-2H3. The van der Waals surface area contributed by atoms with Gasteiger partial charge in [0.15, 0.2) is 0 Å². The highest BCUT2D eigenvalue weighted by Gasteiger charge is 2.18. The molecule has 1 N–H and O–H groups in total. The van der Waals surface area contributed by atoms with Gasteiger partial charge in [0.25, 0.3) is 0 Å². The van der Waals surface area contributed by atoms with E-state index in [4.69, 9.17) is 16.3 Å². The molecule has 76 valence electrons. The molecule has 0 saturated carbocycles. The SMILES string of the molecule is CC(=CCl)CNC1CCOC(C)C1. The molecule has 1 aliphatic heterocycles. The minimum Gasteiger partial charge on any atom is -0.378 e. The second-order valence-corrected chi connectivity index (χ2v) is 3.96. The topological polar surface area (TPSA) is 21.3 Å². The van der Waals surface area contributed by atoms with Gasteiger partial charge in [0.2, 0.25) is 0 Å². The van der Waals surface area contributed by atoms with Crippen LogP contribution < -0.4 is 5.32 Å². The molecule has 1 saturated heterocycles. The van der Waals surface area contributed by atoms with E-state index in [9.17, 15) is 0 Å². The molecule has 1 rings (SSSR count). The van der Waals surface area contributed by atoms with Crippen molar-refractivity contribution in [2.45, 2.75) is 38.8 Å². The molecule has 1 fully saturated rings. The molecule has 0 aromatic carbocycles. The lowest BCUT2D eigenvalue weighted by atomic mass is 10.0. The minimum atomic E-state index is 0.395. The average Bonchev–Trinajstić information content (AvgIpc) is 2.14. The van der Waals surface area contributed by atoms with Crippen molar-refractivity contribution in [3.05, 3.63) is 11.1 Å². The van der Waals surface area contributed by atoms with Gasteiger partial charge in [-0.1, -0.05) is 11.6 Å². The number of halogens is 1.